The summed E-state index contributed by atoms with van der Waals surface area (Å²) in [5.41, 5.74) is 3.31. The quantitative estimate of drug-likeness (QED) is 0.471. The number of hydrogen-bond acceptors (Lipinski definition) is 5. The average molecular weight is 432 g/mol. The van der Waals surface area contributed by atoms with Crippen molar-refractivity contribution in [1.29, 1.82) is 0 Å². The zero-order chi connectivity index (χ0) is 21.2. The zero-order valence-electron chi connectivity index (χ0n) is 18.1. The summed E-state index contributed by atoms with van der Waals surface area (Å²) in [7, 11) is -3.08. The highest BCUT2D eigenvalue weighted by molar-refractivity contribution is 7.53. The lowest BCUT2D eigenvalue weighted by Crippen LogP contribution is -2.28. The third-order valence-corrected chi connectivity index (χ3v) is 7.44. The monoisotopic (exact) mass is 431 g/mol. The van der Waals surface area contributed by atoms with E-state index >= 15 is 0 Å². The third-order valence-electron chi connectivity index (χ3n) is 5.39. The van der Waals surface area contributed by atoms with Crippen LogP contribution >= 0.6 is 7.60 Å². The molecule has 1 aliphatic heterocycles. The number of benzene rings is 2. The van der Waals surface area contributed by atoms with E-state index in [1.165, 1.54) is 18.4 Å². The van der Waals surface area contributed by atoms with Gasteiger partial charge in [-0.1, -0.05) is 42.5 Å². The van der Waals surface area contributed by atoms with Crippen molar-refractivity contribution in [2.45, 2.75) is 45.9 Å². The molecule has 0 atom stereocenters. The van der Waals surface area contributed by atoms with Crippen LogP contribution in [-0.2, 0) is 32.8 Å². The Hall–Kier alpha value is -1.65. The van der Waals surface area contributed by atoms with Crippen LogP contribution in [0.25, 0.3) is 0 Å². The molecular formula is C24H34NO4P. The maximum atomic E-state index is 12.7. The molecule has 2 aromatic carbocycles. The number of piperidine rings is 1. The van der Waals surface area contributed by atoms with Crippen LogP contribution in [0.5, 0.6) is 5.75 Å². The minimum atomic E-state index is -3.08. The second-order valence-electron chi connectivity index (χ2n) is 7.71. The molecule has 3 rings (SSSR count). The summed E-state index contributed by atoms with van der Waals surface area (Å²) in [5.74, 6) is 1.69. The van der Waals surface area contributed by atoms with E-state index in [-0.39, 0.29) is 6.16 Å². The fourth-order valence-corrected chi connectivity index (χ4v) is 5.56. The first-order valence-corrected chi connectivity index (χ1v) is 12.7. The summed E-state index contributed by atoms with van der Waals surface area (Å²) >= 11 is 0. The molecule has 0 saturated carbocycles. The molecular weight excluding hydrogens is 397 g/mol. The molecule has 0 radical (unpaired) electrons. The first kappa shape index (κ1) is 23.0. The molecule has 1 heterocycles. The van der Waals surface area contributed by atoms with Gasteiger partial charge in [0.2, 0.25) is 0 Å². The van der Waals surface area contributed by atoms with E-state index in [2.05, 4.69) is 23.5 Å². The van der Waals surface area contributed by atoms with Gasteiger partial charge < -0.3 is 19.1 Å². The van der Waals surface area contributed by atoms with Crippen LogP contribution in [0.3, 0.4) is 0 Å². The van der Waals surface area contributed by atoms with E-state index < -0.39 is 7.60 Å². The summed E-state index contributed by atoms with van der Waals surface area (Å²) in [6, 6.07) is 16.4. The van der Waals surface area contributed by atoms with E-state index in [0.29, 0.717) is 19.8 Å². The van der Waals surface area contributed by atoms with Crippen LogP contribution in [0.15, 0.2) is 48.5 Å². The fraction of sp³-hybridized carbons (Fsp3) is 0.500. The topological polar surface area (TPSA) is 56.8 Å². The normalized spacial score (nSPS) is 15.3. The molecule has 1 fully saturated rings. The molecule has 0 unspecified atom stereocenters. The highest BCUT2D eigenvalue weighted by Gasteiger charge is 2.24. The predicted octanol–water partition coefficient (Wildman–Crippen LogP) is 5.57. The van der Waals surface area contributed by atoms with Crippen LogP contribution in [0.1, 0.15) is 43.4 Å². The van der Waals surface area contributed by atoms with Crippen LogP contribution < -0.4 is 10.1 Å². The van der Waals surface area contributed by atoms with E-state index in [1.807, 2.05) is 44.2 Å². The minimum absolute atomic E-state index is 0.287. The molecule has 0 aromatic heterocycles. The van der Waals surface area contributed by atoms with Crippen molar-refractivity contribution in [3.8, 4) is 5.75 Å². The Morgan fingerprint density at radius 2 is 1.57 bits per heavy atom. The van der Waals surface area contributed by atoms with E-state index in [9.17, 15) is 4.57 Å². The Morgan fingerprint density at radius 1 is 0.933 bits per heavy atom. The Labute approximate surface area is 180 Å². The van der Waals surface area contributed by atoms with Gasteiger partial charge in [-0.25, -0.2) is 0 Å². The number of rotatable bonds is 11. The van der Waals surface area contributed by atoms with Crippen molar-refractivity contribution in [2.24, 2.45) is 5.92 Å². The first-order valence-electron chi connectivity index (χ1n) is 11.0. The van der Waals surface area contributed by atoms with Gasteiger partial charge in [0.05, 0.1) is 19.4 Å². The first-order chi connectivity index (χ1) is 14.6. The summed E-state index contributed by atoms with van der Waals surface area (Å²) in [6.45, 7) is 7.14. The Morgan fingerprint density at radius 3 is 2.23 bits per heavy atom. The SMILES string of the molecule is CCOP(=O)(Cc1ccc(COc2ccccc2CC2CCNCC2)cc1)OCC. The van der Waals surface area contributed by atoms with Crippen molar-refractivity contribution < 1.29 is 18.3 Å². The van der Waals surface area contributed by atoms with Gasteiger partial charge in [0.15, 0.2) is 0 Å². The number of para-hydroxylation sites is 1. The second-order valence-corrected chi connectivity index (χ2v) is 9.77. The summed E-state index contributed by atoms with van der Waals surface area (Å²) < 4.78 is 29.6. The molecule has 1 saturated heterocycles. The lowest BCUT2D eigenvalue weighted by Gasteiger charge is -2.23. The van der Waals surface area contributed by atoms with E-state index in [0.717, 1.165) is 42.3 Å². The number of hydrogen-bond donors (Lipinski definition) is 1. The van der Waals surface area contributed by atoms with Gasteiger partial charge in [-0.15, -0.1) is 0 Å². The molecule has 0 aliphatic carbocycles. The van der Waals surface area contributed by atoms with Gasteiger partial charge >= 0.3 is 7.60 Å². The van der Waals surface area contributed by atoms with Crippen molar-refractivity contribution >= 4 is 7.60 Å². The van der Waals surface area contributed by atoms with Gasteiger partial charge in [0, 0.05) is 0 Å². The number of ether oxygens (including phenoxy) is 1. The summed E-state index contributed by atoms with van der Waals surface area (Å²) in [4.78, 5) is 0. The lowest BCUT2D eigenvalue weighted by molar-refractivity contribution is 0.219. The Balaban J connectivity index is 1.58. The van der Waals surface area contributed by atoms with Crippen molar-refractivity contribution in [3.05, 3.63) is 65.2 Å². The van der Waals surface area contributed by atoms with Crippen LogP contribution in [0, 0.1) is 5.92 Å². The molecule has 0 bridgehead atoms. The maximum Gasteiger partial charge on any atom is 0.335 e. The minimum Gasteiger partial charge on any atom is -0.489 e. The van der Waals surface area contributed by atoms with Gasteiger partial charge in [-0.2, -0.15) is 0 Å². The molecule has 164 valence electrons. The molecule has 0 amide bonds. The molecule has 1 aliphatic rings. The fourth-order valence-electron chi connectivity index (χ4n) is 3.86. The largest absolute Gasteiger partial charge is 0.489 e. The van der Waals surface area contributed by atoms with Crippen LogP contribution in [0.2, 0.25) is 0 Å². The predicted molar refractivity (Wildman–Crippen MR) is 121 cm³/mol. The van der Waals surface area contributed by atoms with Crippen molar-refractivity contribution in [2.75, 3.05) is 26.3 Å². The average Bonchev–Trinajstić information content (AvgIpc) is 2.75. The van der Waals surface area contributed by atoms with Crippen LogP contribution in [-0.4, -0.2) is 26.3 Å². The lowest BCUT2D eigenvalue weighted by atomic mass is 9.90. The van der Waals surface area contributed by atoms with Crippen molar-refractivity contribution in [1.82, 2.24) is 5.32 Å². The molecule has 6 heteroatoms. The molecule has 30 heavy (non-hydrogen) atoms. The van der Waals surface area contributed by atoms with E-state index in [4.69, 9.17) is 13.8 Å². The van der Waals surface area contributed by atoms with Crippen molar-refractivity contribution in [3.63, 3.8) is 0 Å². The Bertz CT molecular complexity index is 808. The highest BCUT2D eigenvalue weighted by Crippen LogP contribution is 2.51. The molecule has 1 N–H and O–H groups in total. The number of nitrogens with one attached hydrogen (secondary N) is 1. The van der Waals surface area contributed by atoms with Gasteiger partial charge in [-0.3, -0.25) is 4.57 Å². The van der Waals surface area contributed by atoms with Gasteiger partial charge in [0.25, 0.3) is 0 Å². The maximum absolute atomic E-state index is 12.7. The standard InChI is InChI=1S/C24H34NO4P/c1-3-28-30(26,29-4-2)19-22-11-9-21(10-12-22)18-27-24-8-6-5-7-23(24)17-20-13-15-25-16-14-20/h5-12,20,25H,3-4,13-19H2,1-2H3. The zero-order valence-corrected chi connectivity index (χ0v) is 19.0. The van der Waals surface area contributed by atoms with Gasteiger partial charge in [-0.05, 0) is 74.9 Å². The molecule has 0 spiro atoms. The Kier molecular flexibility index (Phi) is 8.95. The summed E-state index contributed by atoms with van der Waals surface area (Å²) in [5, 5.41) is 3.43. The smallest absolute Gasteiger partial charge is 0.335 e. The van der Waals surface area contributed by atoms with Crippen LogP contribution in [0.4, 0.5) is 0 Å². The third kappa shape index (κ3) is 6.95. The summed E-state index contributed by atoms with van der Waals surface area (Å²) in [6.07, 6.45) is 3.81. The van der Waals surface area contributed by atoms with Gasteiger partial charge in [0.1, 0.15) is 12.4 Å². The molecule has 2 aromatic rings. The van der Waals surface area contributed by atoms with E-state index in [1.54, 1.807) is 0 Å². The second kappa shape index (κ2) is 11.7. The highest BCUT2D eigenvalue weighted by atomic mass is 31.2. The molecule has 5 nitrogen and oxygen atoms in total.